The van der Waals surface area contributed by atoms with E-state index in [1.165, 1.54) is 18.6 Å². The number of rotatable bonds is 5. The minimum absolute atomic E-state index is 0.567. The third-order valence-electron chi connectivity index (χ3n) is 4.02. The first-order chi connectivity index (χ1) is 10.0. The van der Waals surface area contributed by atoms with E-state index in [1.807, 2.05) is 18.2 Å². The van der Waals surface area contributed by atoms with Crippen LogP contribution in [0.1, 0.15) is 30.4 Å². The van der Waals surface area contributed by atoms with Gasteiger partial charge in [0.1, 0.15) is 0 Å². The Bertz CT molecular complexity index is 676. The molecule has 108 valence electrons. The predicted molar refractivity (Wildman–Crippen MR) is 90.0 cm³/mol. The summed E-state index contributed by atoms with van der Waals surface area (Å²) >= 11 is 0. The molecule has 1 heterocycles. The molecule has 1 saturated carbocycles. The molecule has 0 amide bonds. The van der Waals surface area contributed by atoms with Gasteiger partial charge in [0, 0.05) is 23.5 Å². The minimum atomic E-state index is 0.567. The monoisotopic (exact) mass is 279 g/mol. The van der Waals surface area contributed by atoms with Crippen molar-refractivity contribution in [2.45, 2.75) is 26.2 Å². The summed E-state index contributed by atoms with van der Waals surface area (Å²) in [6, 6.07) is 6.01. The summed E-state index contributed by atoms with van der Waals surface area (Å²) in [4.78, 5) is 4.71. The molecule has 3 N–H and O–H groups in total. The summed E-state index contributed by atoms with van der Waals surface area (Å²) in [5.74, 6) is 0.720. The van der Waals surface area contributed by atoms with E-state index in [0.29, 0.717) is 5.70 Å². The molecule has 3 rings (SSSR count). The number of benzene rings is 1. The van der Waals surface area contributed by atoms with E-state index >= 15 is 0 Å². The lowest BCUT2D eigenvalue weighted by Crippen LogP contribution is -2.03. The maximum absolute atomic E-state index is 5.77. The number of allylic oxidation sites excluding steroid dienone is 1. The maximum atomic E-state index is 5.77. The largest absolute Gasteiger partial charge is 0.399 e. The van der Waals surface area contributed by atoms with E-state index in [9.17, 15) is 0 Å². The molecule has 0 unspecified atom stereocenters. The van der Waals surface area contributed by atoms with Crippen LogP contribution in [0.3, 0.4) is 0 Å². The zero-order valence-electron chi connectivity index (χ0n) is 12.4. The molecule has 2 aliphatic rings. The number of aliphatic imine (C=N–C) groups is 1. The van der Waals surface area contributed by atoms with Crippen LogP contribution in [0.4, 0.5) is 5.69 Å². The lowest BCUT2D eigenvalue weighted by molar-refractivity contribution is 1.15. The van der Waals surface area contributed by atoms with Crippen LogP contribution < -0.4 is 11.1 Å². The van der Waals surface area contributed by atoms with Crippen molar-refractivity contribution in [2.75, 3.05) is 5.32 Å². The maximum Gasteiger partial charge on any atom is 0.0821 e. The van der Waals surface area contributed by atoms with Crippen molar-refractivity contribution in [3.8, 4) is 0 Å². The Balaban J connectivity index is 1.76. The standard InChI is InChI=1S/C18H21N3/c1-11-4-5-15(12(2)19)10-18(11)20-13(3)16-8-9-17(21-16)14-6-7-14/h4-5,8,10,14,20H,2-3,6-7,9,19H2,1H3. The fourth-order valence-electron chi connectivity index (χ4n) is 2.50. The highest BCUT2D eigenvalue weighted by atomic mass is 15.0. The molecule has 0 spiro atoms. The van der Waals surface area contributed by atoms with Gasteiger partial charge >= 0.3 is 0 Å². The van der Waals surface area contributed by atoms with Crippen molar-refractivity contribution >= 4 is 17.1 Å². The Kier molecular flexibility index (Phi) is 3.42. The van der Waals surface area contributed by atoms with Crippen molar-refractivity contribution in [1.82, 2.24) is 0 Å². The SMILES string of the molecule is C=C(Nc1cc(C(=C)N)ccc1C)C1=CCC(C2CC2)=N1. The lowest BCUT2D eigenvalue weighted by atomic mass is 10.1. The highest BCUT2D eigenvalue weighted by Crippen LogP contribution is 2.35. The third kappa shape index (κ3) is 2.92. The molecule has 21 heavy (non-hydrogen) atoms. The summed E-state index contributed by atoms with van der Waals surface area (Å²) in [5, 5.41) is 3.36. The van der Waals surface area contributed by atoms with Gasteiger partial charge in [-0.25, -0.2) is 0 Å². The van der Waals surface area contributed by atoms with E-state index < -0.39 is 0 Å². The topological polar surface area (TPSA) is 50.4 Å². The average Bonchev–Trinajstić information content (AvgIpc) is 3.18. The second-order valence-corrected chi connectivity index (χ2v) is 5.83. The molecular formula is C18H21N3. The Morgan fingerprint density at radius 2 is 2.10 bits per heavy atom. The molecule has 0 bridgehead atoms. The number of hydrogen-bond acceptors (Lipinski definition) is 3. The Labute approximate surface area is 126 Å². The van der Waals surface area contributed by atoms with Gasteiger partial charge in [0.15, 0.2) is 0 Å². The molecule has 0 aromatic heterocycles. The smallest absolute Gasteiger partial charge is 0.0821 e. The van der Waals surface area contributed by atoms with Crippen LogP contribution in [0.15, 0.2) is 53.8 Å². The number of nitrogens with one attached hydrogen (secondary N) is 1. The van der Waals surface area contributed by atoms with Gasteiger partial charge < -0.3 is 11.1 Å². The van der Waals surface area contributed by atoms with Crippen LogP contribution >= 0.6 is 0 Å². The molecule has 3 heteroatoms. The van der Waals surface area contributed by atoms with E-state index in [2.05, 4.69) is 31.5 Å². The Morgan fingerprint density at radius 1 is 1.33 bits per heavy atom. The number of nitrogens with zero attached hydrogens (tertiary/aromatic N) is 1. The van der Waals surface area contributed by atoms with Crippen molar-refractivity contribution in [3.05, 3.63) is 60.0 Å². The average molecular weight is 279 g/mol. The van der Waals surface area contributed by atoms with Gasteiger partial charge in [-0.2, -0.15) is 0 Å². The van der Waals surface area contributed by atoms with Crippen molar-refractivity contribution in [2.24, 2.45) is 16.6 Å². The number of anilines is 1. The van der Waals surface area contributed by atoms with Gasteiger partial charge in [-0.3, -0.25) is 4.99 Å². The zero-order chi connectivity index (χ0) is 15.0. The van der Waals surface area contributed by atoms with Gasteiger partial charge in [-0.15, -0.1) is 0 Å². The first-order valence-corrected chi connectivity index (χ1v) is 7.34. The van der Waals surface area contributed by atoms with Crippen LogP contribution in [0.25, 0.3) is 5.70 Å². The van der Waals surface area contributed by atoms with Crippen molar-refractivity contribution < 1.29 is 0 Å². The van der Waals surface area contributed by atoms with Crippen LogP contribution in [-0.4, -0.2) is 5.71 Å². The molecule has 1 aromatic carbocycles. The minimum Gasteiger partial charge on any atom is -0.399 e. The lowest BCUT2D eigenvalue weighted by Gasteiger charge is -2.13. The van der Waals surface area contributed by atoms with E-state index in [0.717, 1.165) is 40.5 Å². The Hall–Kier alpha value is -2.29. The fraction of sp³-hybridized carbons (Fsp3) is 0.278. The van der Waals surface area contributed by atoms with Crippen LogP contribution in [0.2, 0.25) is 0 Å². The van der Waals surface area contributed by atoms with Crippen LogP contribution in [0.5, 0.6) is 0 Å². The van der Waals surface area contributed by atoms with Gasteiger partial charge in [-0.05, 0) is 42.9 Å². The normalized spacial score (nSPS) is 17.2. The first kappa shape index (κ1) is 13.7. The van der Waals surface area contributed by atoms with Gasteiger partial charge in [0.2, 0.25) is 0 Å². The summed E-state index contributed by atoms with van der Waals surface area (Å²) in [5.41, 5.74) is 12.5. The van der Waals surface area contributed by atoms with E-state index in [1.54, 1.807) is 0 Å². The van der Waals surface area contributed by atoms with Gasteiger partial charge in [0.25, 0.3) is 0 Å². The van der Waals surface area contributed by atoms with E-state index in [-0.39, 0.29) is 0 Å². The fourth-order valence-corrected chi connectivity index (χ4v) is 2.50. The molecule has 1 aliphatic carbocycles. The van der Waals surface area contributed by atoms with Crippen LogP contribution in [0, 0.1) is 12.8 Å². The number of aryl methyl sites for hydroxylation is 1. The summed E-state index contributed by atoms with van der Waals surface area (Å²) in [7, 11) is 0. The first-order valence-electron chi connectivity index (χ1n) is 7.34. The molecule has 0 saturated heterocycles. The molecule has 3 nitrogen and oxygen atoms in total. The zero-order valence-corrected chi connectivity index (χ0v) is 12.4. The highest BCUT2D eigenvalue weighted by molar-refractivity contribution is 5.93. The second-order valence-electron chi connectivity index (χ2n) is 5.83. The predicted octanol–water partition coefficient (Wildman–Crippen LogP) is 3.99. The molecular weight excluding hydrogens is 258 g/mol. The number of nitrogens with two attached hydrogens (primary N) is 1. The van der Waals surface area contributed by atoms with Gasteiger partial charge in [0.05, 0.1) is 11.4 Å². The number of hydrogen-bond donors (Lipinski definition) is 2. The van der Waals surface area contributed by atoms with Crippen molar-refractivity contribution in [1.29, 1.82) is 0 Å². The molecule has 1 aliphatic heterocycles. The molecule has 1 fully saturated rings. The third-order valence-corrected chi connectivity index (χ3v) is 4.02. The molecule has 1 aromatic rings. The Morgan fingerprint density at radius 3 is 2.76 bits per heavy atom. The quantitative estimate of drug-likeness (QED) is 0.856. The molecule has 0 radical (unpaired) electrons. The molecule has 0 atom stereocenters. The summed E-state index contributed by atoms with van der Waals surface area (Å²) in [6.45, 7) is 9.96. The van der Waals surface area contributed by atoms with Gasteiger partial charge in [-0.1, -0.05) is 31.4 Å². The highest BCUT2D eigenvalue weighted by Gasteiger charge is 2.29. The van der Waals surface area contributed by atoms with E-state index in [4.69, 9.17) is 10.7 Å². The second kappa shape index (κ2) is 5.24. The van der Waals surface area contributed by atoms with Crippen molar-refractivity contribution in [3.63, 3.8) is 0 Å². The van der Waals surface area contributed by atoms with Crippen LogP contribution in [-0.2, 0) is 0 Å². The summed E-state index contributed by atoms with van der Waals surface area (Å²) in [6.07, 6.45) is 5.71. The summed E-state index contributed by atoms with van der Waals surface area (Å²) < 4.78 is 0.